The second kappa shape index (κ2) is 6.57. The second-order valence-corrected chi connectivity index (χ2v) is 4.38. The van der Waals surface area contributed by atoms with Crippen LogP contribution in [0.3, 0.4) is 0 Å². The number of nitrogens with zero attached hydrogens (tertiary/aromatic N) is 1. The van der Waals surface area contributed by atoms with Crippen molar-refractivity contribution < 1.29 is 24.3 Å². The first-order chi connectivity index (χ1) is 10.5. The monoisotopic (exact) mass is 303 g/mol. The number of methoxy groups -OCH3 is 1. The number of ether oxygens (including phenoxy) is 2. The Bertz CT molecular complexity index is 696. The molecule has 2 rings (SSSR count). The summed E-state index contributed by atoms with van der Waals surface area (Å²) in [5.74, 6) is -0.518. The van der Waals surface area contributed by atoms with E-state index in [1.54, 1.807) is 12.1 Å². The smallest absolute Gasteiger partial charge is 0.341 e. The number of nitro groups is 1. The molecule has 0 amide bonds. The predicted molar refractivity (Wildman–Crippen MR) is 76.9 cm³/mol. The maximum absolute atomic E-state index is 11.3. The van der Waals surface area contributed by atoms with Crippen LogP contribution >= 0.6 is 0 Å². The van der Waals surface area contributed by atoms with Gasteiger partial charge in [0.1, 0.15) is 23.7 Å². The van der Waals surface area contributed by atoms with Crippen molar-refractivity contribution in [1.82, 2.24) is 0 Å². The Hall–Kier alpha value is -3.09. The zero-order chi connectivity index (χ0) is 16.1. The largest absolute Gasteiger partial charge is 0.507 e. The third-order valence-corrected chi connectivity index (χ3v) is 2.93. The fourth-order valence-corrected chi connectivity index (χ4v) is 1.76. The van der Waals surface area contributed by atoms with E-state index < -0.39 is 10.9 Å². The highest BCUT2D eigenvalue weighted by molar-refractivity contribution is 5.92. The van der Waals surface area contributed by atoms with Crippen LogP contribution in [0, 0.1) is 10.1 Å². The van der Waals surface area contributed by atoms with E-state index in [0.29, 0.717) is 5.75 Å². The molecule has 114 valence electrons. The second-order valence-electron chi connectivity index (χ2n) is 4.38. The summed E-state index contributed by atoms with van der Waals surface area (Å²) < 4.78 is 9.98. The third kappa shape index (κ3) is 3.51. The van der Waals surface area contributed by atoms with E-state index in [0.717, 1.165) is 5.56 Å². The Balaban J connectivity index is 2.04. The molecule has 0 saturated heterocycles. The molecule has 2 aromatic rings. The number of non-ortho nitro benzene ring substituents is 1. The highest BCUT2D eigenvalue weighted by atomic mass is 16.6. The maximum Gasteiger partial charge on any atom is 0.341 e. The number of phenols is 1. The van der Waals surface area contributed by atoms with Gasteiger partial charge in [0, 0.05) is 18.2 Å². The predicted octanol–water partition coefficient (Wildman–Crippen LogP) is 2.67. The van der Waals surface area contributed by atoms with E-state index in [2.05, 4.69) is 4.74 Å². The molecule has 0 aliphatic rings. The van der Waals surface area contributed by atoms with E-state index in [-0.39, 0.29) is 23.6 Å². The Morgan fingerprint density at radius 1 is 1.23 bits per heavy atom. The van der Waals surface area contributed by atoms with E-state index in [9.17, 15) is 20.0 Å². The van der Waals surface area contributed by atoms with Gasteiger partial charge in [0.15, 0.2) is 0 Å². The first-order valence-electron chi connectivity index (χ1n) is 6.28. The molecule has 0 aliphatic heterocycles. The molecule has 0 atom stereocenters. The van der Waals surface area contributed by atoms with Gasteiger partial charge in [0.05, 0.1) is 12.0 Å². The molecule has 2 aromatic carbocycles. The maximum atomic E-state index is 11.3. The van der Waals surface area contributed by atoms with E-state index >= 15 is 0 Å². The molecule has 0 spiro atoms. The van der Waals surface area contributed by atoms with Crippen LogP contribution < -0.4 is 4.74 Å². The van der Waals surface area contributed by atoms with E-state index in [4.69, 9.17) is 4.74 Å². The molecular formula is C15H13NO6. The standard InChI is InChI=1S/C15H13NO6/c1-21-15(18)13-7-6-12(8-14(13)17)22-9-10-2-4-11(5-3-10)16(19)20/h2-8,17H,9H2,1H3. The van der Waals surface area contributed by atoms with Crippen molar-refractivity contribution in [2.24, 2.45) is 0 Å². The SMILES string of the molecule is COC(=O)c1ccc(OCc2ccc([N+](=O)[O-])cc2)cc1O. The number of hydrogen-bond acceptors (Lipinski definition) is 6. The van der Waals surface area contributed by atoms with Crippen LogP contribution in [0.15, 0.2) is 42.5 Å². The average Bonchev–Trinajstić information content (AvgIpc) is 2.52. The van der Waals surface area contributed by atoms with Crippen LogP contribution in [0.4, 0.5) is 5.69 Å². The van der Waals surface area contributed by atoms with Gasteiger partial charge < -0.3 is 14.6 Å². The summed E-state index contributed by atoms with van der Waals surface area (Å²) in [4.78, 5) is 21.4. The van der Waals surface area contributed by atoms with Crippen molar-refractivity contribution in [2.75, 3.05) is 7.11 Å². The molecule has 0 saturated carbocycles. The molecule has 22 heavy (non-hydrogen) atoms. The fourth-order valence-electron chi connectivity index (χ4n) is 1.76. The molecule has 0 aliphatic carbocycles. The van der Waals surface area contributed by atoms with Crippen molar-refractivity contribution >= 4 is 11.7 Å². The lowest BCUT2D eigenvalue weighted by Crippen LogP contribution is -2.02. The van der Waals surface area contributed by atoms with Gasteiger partial charge in [0.2, 0.25) is 0 Å². The molecule has 7 nitrogen and oxygen atoms in total. The Morgan fingerprint density at radius 3 is 2.45 bits per heavy atom. The summed E-state index contributed by atoms with van der Waals surface area (Å²) in [6, 6.07) is 10.2. The summed E-state index contributed by atoms with van der Waals surface area (Å²) in [5.41, 5.74) is 0.788. The highest BCUT2D eigenvalue weighted by Gasteiger charge is 2.12. The molecular weight excluding hydrogens is 290 g/mol. The van der Waals surface area contributed by atoms with Gasteiger partial charge in [-0.25, -0.2) is 4.79 Å². The lowest BCUT2D eigenvalue weighted by Gasteiger charge is -2.08. The molecule has 0 heterocycles. The highest BCUT2D eigenvalue weighted by Crippen LogP contribution is 2.25. The summed E-state index contributed by atoms with van der Waals surface area (Å²) in [6.07, 6.45) is 0. The van der Waals surface area contributed by atoms with Gasteiger partial charge in [-0.1, -0.05) is 0 Å². The van der Waals surface area contributed by atoms with Crippen molar-refractivity contribution in [3.05, 3.63) is 63.7 Å². The number of esters is 1. The molecule has 0 radical (unpaired) electrons. The summed E-state index contributed by atoms with van der Waals surface area (Å²) in [5, 5.41) is 20.3. The Morgan fingerprint density at radius 2 is 1.91 bits per heavy atom. The minimum absolute atomic E-state index is 0.00354. The Labute approximate surface area is 125 Å². The number of nitro benzene ring substituents is 1. The number of aromatic hydroxyl groups is 1. The van der Waals surface area contributed by atoms with Gasteiger partial charge in [-0.15, -0.1) is 0 Å². The lowest BCUT2D eigenvalue weighted by molar-refractivity contribution is -0.384. The molecule has 0 fully saturated rings. The molecule has 0 aromatic heterocycles. The van der Waals surface area contributed by atoms with Crippen LogP contribution in [-0.4, -0.2) is 23.1 Å². The molecule has 7 heteroatoms. The summed E-state index contributed by atoms with van der Waals surface area (Å²) in [7, 11) is 1.22. The van der Waals surface area contributed by atoms with Crippen molar-refractivity contribution in [3.63, 3.8) is 0 Å². The number of rotatable bonds is 5. The number of carbonyl (C=O) groups excluding carboxylic acids is 1. The van der Waals surface area contributed by atoms with Gasteiger partial charge in [0.25, 0.3) is 5.69 Å². The minimum atomic E-state index is -0.639. The van der Waals surface area contributed by atoms with Crippen LogP contribution in [0.25, 0.3) is 0 Å². The van der Waals surface area contributed by atoms with Crippen molar-refractivity contribution in [1.29, 1.82) is 0 Å². The van der Waals surface area contributed by atoms with E-state index in [1.165, 1.54) is 37.4 Å². The summed E-state index contributed by atoms with van der Waals surface area (Å²) in [6.45, 7) is 0.176. The van der Waals surface area contributed by atoms with Gasteiger partial charge >= 0.3 is 5.97 Å². The first-order valence-corrected chi connectivity index (χ1v) is 6.28. The quantitative estimate of drug-likeness (QED) is 0.518. The molecule has 0 unspecified atom stereocenters. The van der Waals surface area contributed by atoms with Crippen molar-refractivity contribution in [2.45, 2.75) is 6.61 Å². The van der Waals surface area contributed by atoms with Gasteiger partial charge in [-0.05, 0) is 29.8 Å². The Kier molecular flexibility index (Phi) is 4.57. The van der Waals surface area contributed by atoms with Crippen molar-refractivity contribution in [3.8, 4) is 11.5 Å². The van der Waals surface area contributed by atoms with Gasteiger partial charge in [-0.2, -0.15) is 0 Å². The van der Waals surface area contributed by atoms with Crippen LogP contribution in [0.5, 0.6) is 11.5 Å². The molecule has 0 bridgehead atoms. The number of phenolic OH excluding ortho intramolecular Hbond substituents is 1. The van der Waals surface area contributed by atoms with Gasteiger partial charge in [-0.3, -0.25) is 10.1 Å². The fraction of sp³-hybridized carbons (Fsp3) is 0.133. The summed E-state index contributed by atoms with van der Waals surface area (Å²) >= 11 is 0. The number of benzene rings is 2. The van der Waals surface area contributed by atoms with E-state index in [1.807, 2.05) is 0 Å². The number of hydrogen-bond donors (Lipinski definition) is 1. The van der Waals surface area contributed by atoms with Crippen LogP contribution in [0.1, 0.15) is 15.9 Å². The zero-order valence-electron chi connectivity index (χ0n) is 11.7. The topological polar surface area (TPSA) is 98.9 Å². The zero-order valence-corrected chi connectivity index (χ0v) is 11.7. The lowest BCUT2D eigenvalue weighted by atomic mass is 10.2. The third-order valence-electron chi connectivity index (χ3n) is 2.93. The number of carbonyl (C=O) groups is 1. The molecule has 1 N–H and O–H groups in total. The normalized spacial score (nSPS) is 10.0. The average molecular weight is 303 g/mol. The van der Waals surface area contributed by atoms with Crippen LogP contribution in [-0.2, 0) is 11.3 Å². The minimum Gasteiger partial charge on any atom is -0.507 e. The first kappa shape index (κ1) is 15.3. The van der Waals surface area contributed by atoms with Crippen LogP contribution in [0.2, 0.25) is 0 Å².